The van der Waals surface area contributed by atoms with Gasteiger partial charge in [0.1, 0.15) is 0 Å². The zero-order valence-corrected chi connectivity index (χ0v) is 9.80. The maximum Gasteiger partial charge on any atom is 0.211 e. The van der Waals surface area contributed by atoms with E-state index in [1.807, 2.05) is 29.6 Å². The van der Waals surface area contributed by atoms with Crippen LogP contribution in [0.5, 0.6) is 0 Å². The van der Waals surface area contributed by atoms with Crippen molar-refractivity contribution in [3.63, 3.8) is 0 Å². The Bertz CT molecular complexity index is 569. The largest absolute Gasteiger partial charge is 0.368 e. The number of hydrogen-bond donors (Lipinski definition) is 0. The summed E-state index contributed by atoms with van der Waals surface area (Å²) < 4.78 is 1.08. The summed E-state index contributed by atoms with van der Waals surface area (Å²) in [4.78, 5) is 14.5. The molecule has 0 radical (unpaired) electrons. The average Bonchev–Trinajstić information content (AvgIpc) is 2.83. The first kappa shape index (κ1) is 9.85. The highest BCUT2D eigenvalue weighted by Crippen LogP contribution is 2.23. The molecule has 1 aliphatic rings. The van der Waals surface area contributed by atoms with Gasteiger partial charge in [-0.3, -0.25) is 4.79 Å². The summed E-state index contributed by atoms with van der Waals surface area (Å²) in [6, 6.07) is 7.85. The summed E-state index contributed by atoms with van der Waals surface area (Å²) in [6.45, 7) is 2.06. The van der Waals surface area contributed by atoms with Crippen molar-refractivity contribution in [3.8, 4) is 0 Å². The van der Waals surface area contributed by atoms with Crippen molar-refractivity contribution in [1.82, 2.24) is 0 Å². The summed E-state index contributed by atoms with van der Waals surface area (Å²) in [5, 5.41) is 2.87. The van der Waals surface area contributed by atoms with E-state index in [-0.39, 0.29) is 5.43 Å². The quantitative estimate of drug-likeness (QED) is 0.752. The molecule has 0 saturated carbocycles. The van der Waals surface area contributed by atoms with Crippen LogP contribution in [0.25, 0.3) is 10.1 Å². The third-order valence-corrected chi connectivity index (χ3v) is 4.06. The second kappa shape index (κ2) is 3.91. The van der Waals surface area contributed by atoms with Crippen LogP contribution in [0, 0.1) is 0 Å². The molecule has 1 saturated heterocycles. The number of anilines is 1. The Labute approximate surface area is 98.1 Å². The van der Waals surface area contributed by atoms with Crippen LogP contribution in [0.15, 0.2) is 34.4 Å². The monoisotopic (exact) mass is 231 g/mol. The van der Waals surface area contributed by atoms with Crippen molar-refractivity contribution in [2.24, 2.45) is 0 Å². The lowest BCUT2D eigenvalue weighted by Gasteiger charge is -2.16. The van der Waals surface area contributed by atoms with Gasteiger partial charge >= 0.3 is 0 Å². The predicted octanol–water partition coefficient (Wildman–Crippen LogP) is 2.86. The highest BCUT2D eigenvalue weighted by atomic mass is 32.1. The Balaban J connectivity index is 2.19. The normalized spacial score (nSPS) is 15.9. The fraction of sp³-hybridized carbons (Fsp3) is 0.308. The molecule has 16 heavy (non-hydrogen) atoms. The molecule has 1 aliphatic heterocycles. The van der Waals surface area contributed by atoms with Gasteiger partial charge in [0.15, 0.2) is 0 Å². The Kier molecular flexibility index (Phi) is 2.40. The lowest BCUT2D eigenvalue weighted by molar-refractivity contribution is 0.949. The summed E-state index contributed by atoms with van der Waals surface area (Å²) in [7, 11) is 0. The molecular formula is C13H13NOS. The van der Waals surface area contributed by atoms with Crippen LogP contribution >= 0.6 is 11.3 Å². The molecule has 0 bridgehead atoms. The fourth-order valence-corrected chi connectivity index (χ4v) is 3.18. The van der Waals surface area contributed by atoms with Gasteiger partial charge < -0.3 is 4.90 Å². The number of rotatable bonds is 1. The Hall–Kier alpha value is -1.35. The Morgan fingerprint density at radius 2 is 1.88 bits per heavy atom. The zero-order chi connectivity index (χ0) is 11.0. The van der Waals surface area contributed by atoms with E-state index >= 15 is 0 Å². The highest BCUT2D eigenvalue weighted by molar-refractivity contribution is 7.16. The van der Waals surface area contributed by atoms with E-state index in [0.717, 1.165) is 28.9 Å². The molecule has 82 valence electrons. The van der Waals surface area contributed by atoms with Crippen molar-refractivity contribution in [2.75, 3.05) is 18.0 Å². The van der Waals surface area contributed by atoms with Crippen LogP contribution in [0.1, 0.15) is 12.8 Å². The van der Waals surface area contributed by atoms with Gasteiger partial charge in [0.25, 0.3) is 0 Å². The highest BCUT2D eigenvalue weighted by Gasteiger charge is 2.16. The predicted molar refractivity (Wildman–Crippen MR) is 69.5 cm³/mol. The van der Waals surface area contributed by atoms with E-state index in [9.17, 15) is 4.79 Å². The molecular weight excluding hydrogens is 218 g/mol. The lowest BCUT2D eigenvalue weighted by atomic mass is 10.2. The molecule has 0 amide bonds. The standard InChI is InChI=1S/C13H13NOS/c15-13-10-5-1-2-6-12(10)16-9-11(13)14-7-3-4-8-14/h1-2,5-6,9H,3-4,7-8H2. The minimum atomic E-state index is 0.191. The lowest BCUT2D eigenvalue weighted by Crippen LogP contribution is -2.23. The van der Waals surface area contributed by atoms with E-state index in [0.29, 0.717) is 0 Å². The molecule has 3 heteroatoms. The second-order valence-electron chi connectivity index (χ2n) is 4.14. The van der Waals surface area contributed by atoms with Gasteiger partial charge in [-0.15, -0.1) is 11.3 Å². The molecule has 2 aromatic rings. The first-order valence-corrected chi connectivity index (χ1v) is 6.50. The SMILES string of the molecule is O=c1c(N2CCCC2)csc2ccccc12. The van der Waals surface area contributed by atoms with Gasteiger partial charge in [-0.2, -0.15) is 0 Å². The maximum absolute atomic E-state index is 12.3. The van der Waals surface area contributed by atoms with Crippen molar-refractivity contribution < 1.29 is 0 Å². The van der Waals surface area contributed by atoms with Crippen molar-refractivity contribution in [1.29, 1.82) is 0 Å². The van der Waals surface area contributed by atoms with Crippen LogP contribution in [0.4, 0.5) is 5.69 Å². The van der Waals surface area contributed by atoms with Crippen LogP contribution in [0.2, 0.25) is 0 Å². The number of hydrogen-bond acceptors (Lipinski definition) is 3. The summed E-state index contributed by atoms with van der Waals surface area (Å²) in [6.07, 6.45) is 2.41. The van der Waals surface area contributed by atoms with Crippen LogP contribution in [-0.4, -0.2) is 13.1 Å². The summed E-state index contributed by atoms with van der Waals surface area (Å²) in [5.41, 5.74) is 1.08. The molecule has 2 nitrogen and oxygen atoms in total. The smallest absolute Gasteiger partial charge is 0.211 e. The van der Waals surface area contributed by atoms with E-state index in [4.69, 9.17) is 0 Å². The molecule has 1 aromatic heterocycles. The number of fused-ring (bicyclic) bond motifs is 1. The summed E-state index contributed by atoms with van der Waals surface area (Å²) >= 11 is 1.66. The van der Waals surface area contributed by atoms with Crippen molar-refractivity contribution >= 4 is 27.1 Å². The molecule has 2 heterocycles. The van der Waals surface area contributed by atoms with Gasteiger partial charge in [-0.1, -0.05) is 12.1 Å². The van der Waals surface area contributed by atoms with Gasteiger partial charge in [-0.25, -0.2) is 0 Å². The third-order valence-electron chi connectivity index (χ3n) is 3.11. The number of benzene rings is 1. The van der Waals surface area contributed by atoms with E-state index in [2.05, 4.69) is 4.90 Å². The maximum atomic E-state index is 12.3. The third kappa shape index (κ3) is 1.52. The van der Waals surface area contributed by atoms with Crippen LogP contribution in [0.3, 0.4) is 0 Å². The van der Waals surface area contributed by atoms with E-state index in [1.54, 1.807) is 11.3 Å². The van der Waals surface area contributed by atoms with Crippen molar-refractivity contribution in [2.45, 2.75) is 12.8 Å². The first-order valence-electron chi connectivity index (χ1n) is 5.62. The first-order chi connectivity index (χ1) is 7.86. The average molecular weight is 231 g/mol. The second-order valence-corrected chi connectivity index (χ2v) is 5.05. The van der Waals surface area contributed by atoms with Gasteiger partial charge in [-0.05, 0) is 25.0 Å². The number of nitrogens with zero attached hydrogens (tertiary/aromatic N) is 1. The van der Waals surface area contributed by atoms with Gasteiger partial charge in [0, 0.05) is 28.6 Å². The molecule has 0 unspecified atom stereocenters. The topological polar surface area (TPSA) is 20.3 Å². The molecule has 0 spiro atoms. The van der Waals surface area contributed by atoms with E-state index < -0.39 is 0 Å². The molecule has 1 fully saturated rings. The minimum Gasteiger partial charge on any atom is -0.368 e. The molecule has 0 aliphatic carbocycles. The van der Waals surface area contributed by atoms with Gasteiger partial charge in [0.2, 0.25) is 5.43 Å². The van der Waals surface area contributed by atoms with Crippen LogP contribution in [-0.2, 0) is 0 Å². The minimum absolute atomic E-state index is 0.191. The Morgan fingerprint density at radius 3 is 2.69 bits per heavy atom. The zero-order valence-electron chi connectivity index (χ0n) is 8.98. The molecule has 0 atom stereocenters. The molecule has 1 aromatic carbocycles. The Morgan fingerprint density at radius 1 is 1.12 bits per heavy atom. The van der Waals surface area contributed by atoms with Crippen molar-refractivity contribution in [3.05, 3.63) is 39.9 Å². The fourth-order valence-electron chi connectivity index (χ4n) is 2.24. The van der Waals surface area contributed by atoms with Gasteiger partial charge in [0.05, 0.1) is 5.69 Å². The van der Waals surface area contributed by atoms with E-state index in [1.165, 1.54) is 12.8 Å². The molecule has 0 N–H and O–H groups in total. The molecule has 3 rings (SSSR count). The summed E-state index contributed by atoms with van der Waals surface area (Å²) in [5.74, 6) is 0. The van der Waals surface area contributed by atoms with Crippen LogP contribution < -0.4 is 10.3 Å².